The van der Waals surface area contributed by atoms with Gasteiger partial charge in [0.25, 0.3) is 0 Å². The summed E-state index contributed by atoms with van der Waals surface area (Å²) in [5.74, 6) is 1.68. The minimum Gasteiger partial charge on any atom is -0.393 e. The standard InChI is InChI=1S/C16H32O/c1-5-8-14(17)10-11-15-13(3)9-7-12-16(15,4)6-2/h13-15,17H,5-12H2,1-4H3. The van der Waals surface area contributed by atoms with Crippen molar-refractivity contribution in [3.05, 3.63) is 0 Å². The van der Waals surface area contributed by atoms with Gasteiger partial charge in [0.05, 0.1) is 6.10 Å². The van der Waals surface area contributed by atoms with Gasteiger partial charge in [-0.3, -0.25) is 0 Å². The predicted octanol–water partition coefficient (Wildman–Crippen LogP) is 4.78. The lowest BCUT2D eigenvalue weighted by Crippen LogP contribution is -2.36. The Morgan fingerprint density at radius 3 is 2.59 bits per heavy atom. The number of rotatable bonds is 6. The Morgan fingerprint density at radius 1 is 1.29 bits per heavy atom. The van der Waals surface area contributed by atoms with Crippen molar-refractivity contribution in [1.82, 2.24) is 0 Å². The first-order chi connectivity index (χ1) is 8.03. The van der Waals surface area contributed by atoms with Crippen LogP contribution in [0.5, 0.6) is 0 Å². The molecule has 0 aromatic rings. The highest BCUT2D eigenvalue weighted by atomic mass is 16.3. The Kier molecular flexibility index (Phi) is 5.99. The monoisotopic (exact) mass is 240 g/mol. The quantitative estimate of drug-likeness (QED) is 0.708. The molecule has 1 heteroatoms. The average molecular weight is 240 g/mol. The number of hydrogen-bond donors (Lipinski definition) is 1. The zero-order chi connectivity index (χ0) is 12.9. The van der Waals surface area contributed by atoms with Gasteiger partial charge in [-0.2, -0.15) is 0 Å². The van der Waals surface area contributed by atoms with Crippen LogP contribution in [-0.4, -0.2) is 11.2 Å². The van der Waals surface area contributed by atoms with Crippen LogP contribution in [0, 0.1) is 17.3 Å². The zero-order valence-corrected chi connectivity index (χ0v) is 12.3. The third kappa shape index (κ3) is 3.98. The molecule has 1 aliphatic carbocycles. The molecule has 0 saturated heterocycles. The van der Waals surface area contributed by atoms with Crippen molar-refractivity contribution < 1.29 is 5.11 Å². The highest BCUT2D eigenvalue weighted by Gasteiger charge is 2.38. The van der Waals surface area contributed by atoms with Gasteiger partial charge in [-0.25, -0.2) is 0 Å². The van der Waals surface area contributed by atoms with Crippen LogP contribution in [0.1, 0.15) is 79.1 Å². The van der Waals surface area contributed by atoms with Crippen LogP contribution in [0.3, 0.4) is 0 Å². The van der Waals surface area contributed by atoms with Gasteiger partial charge in [0.1, 0.15) is 0 Å². The maximum Gasteiger partial charge on any atom is 0.0540 e. The molecule has 0 aliphatic heterocycles. The molecule has 4 atom stereocenters. The van der Waals surface area contributed by atoms with Gasteiger partial charge in [-0.15, -0.1) is 0 Å². The zero-order valence-electron chi connectivity index (χ0n) is 12.3. The van der Waals surface area contributed by atoms with E-state index in [1.807, 2.05) is 0 Å². The van der Waals surface area contributed by atoms with Crippen LogP contribution in [-0.2, 0) is 0 Å². The molecule has 0 radical (unpaired) electrons. The molecule has 102 valence electrons. The lowest BCUT2D eigenvalue weighted by atomic mass is 9.60. The largest absolute Gasteiger partial charge is 0.393 e. The van der Waals surface area contributed by atoms with E-state index in [1.165, 1.54) is 32.1 Å². The second-order valence-electron chi connectivity index (χ2n) is 6.50. The molecule has 0 spiro atoms. The van der Waals surface area contributed by atoms with Crippen molar-refractivity contribution in [3.63, 3.8) is 0 Å². The van der Waals surface area contributed by atoms with Crippen LogP contribution in [0.25, 0.3) is 0 Å². The smallest absolute Gasteiger partial charge is 0.0540 e. The molecule has 0 aromatic carbocycles. The van der Waals surface area contributed by atoms with Crippen LogP contribution < -0.4 is 0 Å². The summed E-state index contributed by atoms with van der Waals surface area (Å²) < 4.78 is 0. The van der Waals surface area contributed by atoms with E-state index in [2.05, 4.69) is 27.7 Å². The van der Waals surface area contributed by atoms with Crippen molar-refractivity contribution in [2.24, 2.45) is 17.3 Å². The Morgan fingerprint density at radius 2 is 2.00 bits per heavy atom. The first kappa shape index (κ1) is 15.0. The van der Waals surface area contributed by atoms with Crippen LogP contribution in [0.4, 0.5) is 0 Å². The lowest BCUT2D eigenvalue weighted by molar-refractivity contribution is 0.0390. The maximum absolute atomic E-state index is 9.91. The first-order valence-corrected chi connectivity index (χ1v) is 7.71. The number of aliphatic hydroxyl groups excluding tert-OH is 1. The molecule has 1 rings (SSSR count). The van der Waals surface area contributed by atoms with Gasteiger partial charge in [0, 0.05) is 0 Å². The molecular weight excluding hydrogens is 208 g/mol. The van der Waals surface area contributed by atoms with Gasteiger partial charge >= 0.3 is 0 Å². The predicted molar refractivity (Wildman–Crippen MR) is 75.1 cm³/mol. The summed E-state index contributed by atoms with van der Waals surface area (Å²) in [5, 5.41) is 9.91. The second-order valence-corrected chi connectivity index (χ2v) is 6.50. The average Bonchev–Trinajstić information content (AvgIpc) is 2.29. The fourth-order valence-electron chi connectivity index (χ4n) is 3.82. The van der Waals surface area contributed by atoms with E-state index in [0.717, 1.165) is 31.1 Å². The van der Waals surface area contributed by atoms with Gasteiger partial charge < -0.3 is 5.11 Å². The highest BCUT2D eigenvalue weighted by molar-refractivity contribution is 4.89. The van der Waals surface area contributed by atoms with Crippen molar-refractivity contribution in [2.45, 2.75) is 85.2 Å². The second kappa shape index (κ2) is 6.78. The number of hydrogen-bond acceptors (Lipinski definition) is 1. The van der Waals surface area contributed by atoms with Gasteiger partial charge in [-0.1, -0.05) is 53.4 Å². The number of aliphatic hydroxyl groups is 1. The summed E-state index contributed by atoms with van der Waals surface area (Å²) in [6.07, 6.45) is 9.74. The molecule has 1 saturated carbocycles. The fourth-order valence-corrected chi connectivity index (χ4v) is 3.82. The molecule has 1 N–H and O–H groups in total. The molecule has 1 fully saturated rings. The summed E-state index contributed by atoms with van der Waals surface area (Å²) in [4.78, 5) is 0. The molecule has 0 amide bonds. The van der Waals surface area contributed by atoms with Crippen molar-refractivity contribution >= 4 is 0 Å². The van der Waals surface area contributed by atoms with Crippen molar-refractivity contribution in [3.8, 4) is 0 Å². The molecule has 1 aliphatic rings. The SMILES string of the molecule is CCCC(O)CCC1C(C)CCCC1(C)CC. The summed E-state index contributed by atoms with van der Waals surface area (Å²) in [6.45, 7) is 9.39. The Labute approximate surface area is 108 Å². The van der Waals surface area contributed by atoms with Crippen molar-refractivity contribution in [1.29, 1.82) is 0 Å². The summed E-state index contributed by atoms with van der Waals surface area (Å²) in [6, 6.07) is 0. The first-order valence-electron chi connectivity index (χ1n) is 7.71. The Hall–Kier alpha value is -0.0400. The molecule has 17 heavy (non-hydrogen) atoms. The van der Waals surface area contributed by atoms with E-state index in [1.54, 1.807) is 0 Å². The molecule has 0 heterocycles. The third-order valence-electron chi connectivity index (χ3n) is 5.23. The molecule has 0 bridgehead atoms. The Balaban J connectivity index is 2.52. The molecule has 0 aromatic heterocycles. The van der Waals surface area contributed by atoms with Gasteiger partial charge in [0.15, 0.2) is 0 Å². The Bertz CT molecular complexity index is 214. The normalized spacial score (nSPS) is 35.8. The van der Waals surface area contributed by atoms with Gasteiger partial charge in [0.2, 0.25) is 0 Å². The third-order valence-corrected chi connectivity index (χ3v) is 5.23. The molecule has 1 nitrogen and oxygen atoms in total. The van der Waals surface area contributed by atoms with Crippen LogP contribution in [0.2, 0.25) is 0 Å². The minimum atomic E-state index is -0.0600. The lowest BCUT2D eigenvalue weighted by Gasteiger charge is -2.45. The highest BCUT2D eigenvalue weighted by Crippen LogP contribution is 2.48. The summed E-state index contributed by atoms with van der Waals surface area (Å²) in [7, 11) is 0. The molecular formula is C16H32O. The summed E-state index contributed by atoms with van der Waals surface area (Å²) in [5.41, 5.74) is 0.531. The maximum atomic E-state index is 9.91. The van der Waals surface area contributed by atoms with E-state index in [0.29, 0.717) is 5.41 Å². The van der Waals surface area contributed by atoms with E-state index in [9.17, 15) is 5.11 Å². The van der Waals surface area contributed by atoms with Gasteiger partial charge in [-0.05, 0) is 42.9 Å². The van der Waals surface area contributed by atoms with E-state index >= 15 is 0 Å². The topological polar surface area (TPSA) is 20.2 Å². The van der Waals surface area contributed by atoms with Crippen LogP contribution >= 0.6 is 0 Å². The van der Waals surface area contributed by atoms with Crippen LogP contribution in [0.15, 0.2) is 0 Å². The minimum absolute atomic E-state index is 0.0600. The van der Waals surface area contributed by atoms with E-state index in [4.69, 9.17) is 0 Å². The van der Waals surface area contributed by atoms with E-state index in [-0.39, 0.29) is 6.10 Å². The molecule has 4 unspecified atom stereocenters. The van der Waals surface area contributed by atoms with E-state index < -0.39 is 0 Å². The van der Waals surface area contributed by atoms with Crippen molar-refractivity contribution in [2.75, 3.05) is 0 Å². The summed E-state index contributed by atoms with van der Waals surface area (Å²) >= 11 is 0. The fraction of sp³-hybridized carbons (Fsp3) is 1.00.